The highest BCUT2D eigenvalue weighted by molar-refractivity contribution is 6.63. The maximum absolute atomic E-state index is 7.00. The molecule has 0 aliphatic carbocycles. The minimum Gasteiger partial charge on any atom is -0.400 e. The lowest BCUT2D eigenvalue weighted by Crippen LogP contribution is -1.99. The van der Waals surface area contributed by atoms with E-state index in [4.69, 9.17) is 39.9 Å². The number of hydrogen-bond acceptors (Lipinski definition) is 2. The lowest BCUT2D eigenvalue weighted by atomic mass is 11.0. The summed E-state index contributed by atoms with van der Waals surface area (Å²) in [5.74, 6) is 0. The molecule has 0 saturated carbocycles. The van der Waals surface area contributed by atoms with E-state index in [2.05, 4.69) is 0 Å². The van der Waals surface area contributed by atoms with Gasteiger partial charge in [0.15, 0.2) is 4.30 Å². The Labute approximate surface area is 77.7 Å². The number of nitrogens with zero attached hydrogens (tertiary/aromatic N) is 1. The van der Waals surface area contributed by atoms with Crippen LogP contribution in [0.4, 0.5) is 0 Å². The molecule has 0 rings (SSSR count). The summed E-state index contributed by atoms with van der Waals surface area (Å²) < 4.78 is -0.750. The molecule has 0 radical (unpaired) electrons. The fourth-order valence-electron chi connectivity index (χ4n) is 0. The van der Waals surface area contributed by atoms with Crippen molar-refractivity contribution in [1.29, 1.82) is 0 Å². The lowest BCUT2D eigenvalue weighted by Gasteiger charge is -1.90. The lowest BCUT2D eigenvalue weighted by molar-refractivity contribution is 0.399. The van der Waals surface area contributed by atoms with E-state index >= 15 is 0 Å². The van der Waals surface area contributed by atoms with Crippen molar-refractivity contribution in [2.75, 3.05) is 28.3 Å². The average molecular weight is 211 g/mol. The molecule has 0 unspecified atom stereocenters. The van der Waals surface area contributed by atoms with Crippen molar-refractivity contribution in [2.45, 2.75) is 4.30 Å². The van der Waals surface area contributed by atoms with Crippen LogP contribution in [0.15, 0.2) is 0 Å². The third kappa shape index (κ3) is 855. The highest BCUT2D eigenvalue weighted by atomic mass is 35.6. The van der Waals surface area contributed by atoms with Crippen LogP contribution in [0.5, 0.6) is 0 Å². The zero-order valence-corrected chi connectivity index (χ0v) is 8.87. The van der Waals surface area contributed by atoms with Crippen molar-refractivity contribution in [2.24, 2.45) is 0 Å². The van der Waals surface area contributed by atoms with Gasteiger partial charge in [-0.1, -0.05) is 34.8 Å². The van der Waals surface area contributed by atoms with E-state index in [1.807, 2.05) is 26.0 Å². The largest absolute Gasteiger partial charge is 0.400 e. The second-order valence-electron chi connectivity index (χ2n) is 1.59. The Bertz CT molecular complexity index is 32.4. The fraction of sp³-hybridized carbons (Fsp3) is 1.00. The number of alkyl halides is 3. The number of aliphatic hydroxyl groups excluding tert-OH is 1. The van der Waals surface area contributed by atoms with Crippen LogP contribution >= 0.6 is 34.8 Å². The molecule has 0 fully saturated rings. The molecule has 0 aromatic rings. The van der Waals surface area contributed by atoms with Crippen LogP contribution in [0.2, 0.25) is 0 Å². The zero-order valence-electron chi connectivity index (χ0n) is 6.61. The van der Waals surface area contributed by atoms with E-state index in [1.54, 1.807) is 0 Å². The Balaban J connectivity index is -0.0000000787. The number of halogens is 3. The van der Waals surface area contributed by atoms with Gasteiger partial charge in [-0.3, -0.25) is 0 Å². The van der Waals surface area contributed by atoms with Crippen LogP contribution in [-0.2, 0) is 0 Å². The third-order valence-electron chi connectivity index (χ3n) is 0. The van der Waals surface area contributed by atoms with Gasteiger partial charge in [0.25, 0.3) is 0 Å². The molecule has 5 heteroatoms. The highest BCUT2D eigenvalue weighted by Crippen LogP contribution is 2.03. The molecule has 66 valence electrons. The van der Waals surface area contributed by atoms with Gasteiger partial charge in [-0.05, 0) is 21.1 Å². The van der Waals surface area contributed by atoms with Crippen molar-refractivity contribution in [1.82, 2.24) is 4.90 Å². The van der Waals surface area contributed by atoms with E-state index in [0.717, 1.165) is 7.11 Å². The van der Waals surface area contributed by atoms with Gasteiger partial charge in [0.05, 0.1) is 0 Å². The molecule has 1 N–H and O–H groups in total. The molecular formula is C5H14Cl3NO. The monoisotopic (exact) mass is 209 g/mol. The van der Waals surface area contributed by atoms with E-state index in [9.17, 15) is 0 Å². The van der Waals surface area contributed by atoms with Gasteiger partial charge in [0.2, 0.25) is 0 Å². The first-order valence-corrected chi connectivity index (χ1v) is 3.75. The molecule has 0 spiro atoms. The molecule has 0 aliphatic rings. The summed E-state index contributed by atoms with van der Waals surface area (Å²) in [4.78, 5) is 2.00. The van der Waals surface area contributed by atoms with Crippen LogP contribution in [0, 0.1) is 0 Å². The van der Waals surface area contributed by atoms with E-state index in [0.29, 0.717) is 0 Å². The summed E-state index contributed by atoms with van der Waals surface area (Å²) in [5, 5.41) is 7.00. The number of aliphatic hydroxyl groups is 1. The van der Waals surface area contributed by atoms with Crippen LogP contribution in [0.3, 0.4) is 0 Å². The smallest absolute Gasteiger partial charge is 0.180 e. The van der Waals surface area contributed by atoms with Gasteiger partial charge in [0.1, 0.15) is 0 Å². The average Bonchev–Trinajstić information content (AvgIpc) is 1.66. The topological polar surface area (TPSA) is 23.5 Å². The standard InChI is InChI=1S/C3H9N.CHCl3.CH4O/c1-4(2)3;2-1(3)4;1-2/h1-3H3;1H;2H,1H3. The normalized spacial score (nSPS) is 7.80. The van der Waals surface area contributed by atoms with Crippen molar-refractivity contribution in [3.63, 3.8) is 0 Å². The van der Waals surface area contributed by atoms with Crippen LogP contribution in [0.25, 0.3) is 0 Å². The molecule has 0 atom stereocenters. The minimum absolute atomic E-state index is 0.750. The predicted molar refractivity (Wildman–Crippen MR) is 49.1 cm³/mol. The summed E-state index contributed by atoms with van der Waals surface area (Å²) >= 11 is 14.4. The predicted octanol–water partition coefficient (Wildman–Crippen LogP) is 1.77. The summed E-state index contributed by atoms with van der Waals surface area (Å²) in [5.41, 5.74) is 0. The third-order valence-corrected chi connectivity index (χ3v) is 0. The van der Waals surface area contributed by atoms with Crippen molar-refractivity contribution in [3.8, 4) is 0 Å². The Hall–Kier alpha value is 0.790. The zero-order chi connectivity index (χ0) is 9.15. The molecule has 0 heterocycles. The molecule has 10 heavy (non-hydrogen) atoms. The maximum atomic E-state index is 7.00. The van der Waals surface area contributed by atoms with Crippen LogP contribution < -0.4 is 0 Å². The van der Waals surface area contributed by atoms with Gasteiger partial charge >= 0.3 is 0 Å². The molecule has 0 aromatic carbocycles. The first kappa shape index (κ1) is 17.0. The van der Waals surface area contributed by atoms with E-state index < -0.39 is 4.30 Å². The fourth-order valence-corrected chi connectivity index (χ4v) is 0. The molecule has 0 amide bonds. The van der Waals surface area contributed by atoms with Crippen molar-refractivity contribution >= 4 is 34.8 Å². The molecule has 2 nitrogen and oxygen atoms in total. The maximum Gasteiger partial charge on any atom is 0.180 e. The molecular weight excluding hydrogens is 196 g/mol. The van der Waals surface area contributed by atoms with Crippen LogP contribution in [-0.4, -0.2) is 42.6 Å². The first-order chi connectivity index (χ1) is 4.46. The quantitative estimate of drug-likeness (QED) is 0.616. The molecule has 0 aromatic heterocycles. The molecule has 0 aliphatic heterocycles. The Morgan fingerprint density at radius 2 is 1.00 bits per heavy atom. The Morgan fingerprint density at radius 1 is 1.00 bits per heavy atom. The summed E-state index contributed by atoms with van der Waals surface area (Å²) in [6.07, 6.45) is 0. The van der Waals surface area contributed by atoms with Gasteiger partial charge in [0, 0.05) is 7.11 Å². The van der Waals surface area contributed by atoms with Gasteiger partial charge < -0.3 is 10.0 Å². The van der Waals surface area contributed by atoms with E-state index in [-0.39, 0.29) is 0 Å². The SMILES string of the molecule is CN(C)C.CO.ClC(Cl)Cl. The van der Waals surface area contributed by atoms with Gasteiger partial charge in [-0.2, -0.15) is 0 Å². The van der Waals surface area contributed by atoms with Crippen molar-refractivity contribution in [3.05, 3.63) is 0 Å². The molecule has 0 bridgehead atoms. The second-order valence-corrected chi connectivity index (χ2v) is 3.57. The summed E-state index contributed by atoms with van der Waals surface area (Å²) in [7, 11) is 7.00. The highest BCUT2D eigenvalue weighted by Gasteiger charge is 1.78. The summed E-state index contributed by atoms with van der Waals surface area (Å²) in [6, 6.07) is 0. The van der Waals surface area contributed by atoms with Crippen molar-refractivity contribution < 1.29 is 5.11 Å². The number of hydrogen-bond donors (Lipinski definition) is 1. The molecule has 0 saturated heterocycles. The number of rotatable bonds is 0. The van der Waals surface area contributed by atoms with Crippen LogP contribution in [0.1, 0.15) is 0 Å². The van der Waals surface area contributed by atoms with Gasteiger partial charge in [-0.15, -0.1) is 0 Å². The minimum atomic E-state index is -0.750. The van der Waals surface area contributed by atoms with E-state index in [1.165, 1.54) is 0 Å². The summed E-state index contributed by atoms with van der Waals surface area (Å²) in [6.45, 7) is 0. The Morgan fingerprint density at radius 3 is 1.00 bits per heavy atom. The second kappa shape index (κ2) is 16.4. The van der Waals surface area contributed by atoms with Gasteiger partial charge in [-0.25, -0.2) is 0 Å². The Kier molecular flexibility index (Phi) is 28.0. The first-order valence-electron chi connectivity index (χ1n) is 2.44.